The predicted octanol–water partition coefficient (Wildman–Crippen LogP) is -1.19. The van der Waals surface area contributed by atoms with Gasteiger partial charge in [-0.1, -0.05) is 19.2 Å². The second-order valence-electron chi connectivity index (χ2n) is 33.3. The molecular weight excluding hydrogens is 2100 g/mol. The summed E-state index contributed by atoms with van der Waals surface area (Å²) in [6.45, 7) is -14.0. The topological polar surface area (TPSA) is 789 Å². The lowest BCUT2D eigenvalue weighted by atomic mass is 10.1. The summed E-state index contributed by atoms with van der Waals surface area (Å²) in [5.41, 5.74) is 25.8. The number of rotatable bonds is 52. The second-order valence-corrected chi connectivity index (χ2v) is 44.6. The molecule has 6 aliphatic heterocycles. The zero-order valence-electron chi connectivity index (χ0n) is 79.0. The van der Waals surface area contributed by atoms with E-state index in [1.807, 2.05) is 0 Å². The third kappa shape index (κ3) is 26.9. The van der Waals surface area contributed by atoms with Gasteiger partial charge in [0.2, 0.25) is 5.95 Å². The van der Waals surface area contributed by atoms with Crippen molar-refractivity contribution in [3.05, 3.63) is 129 Å². The first-order valence-corrected chi connectivity index (χ1v) is 55.2. The first-order chi connectivity index (χ1) is 68.9. The third-order valence-corrected chi connectivity index (χ3v) is 30.2. The van der Waals surface area contributed by atoms with Crippen molar-refractivity contribution < 1.29 is 159 Å². The molecule has 0 spiro atoms. The van der Waals surface area contributed by atoms with E-state index in [4.69, 9.17) is 173 Å². The normalized spacial score (nSPS) is 29.2. The highest BCUT2D eigenvalue weighted by Crippen LogP contribution is 2.60. The molecule has 0 aromatic carbocycles. The smallest absolute Gasteiger partial charge is 0.387 e. The Bertz CT molecular complexity index is 6500. The number of phosphoric acid groups is 2. The van der Waals surface area contributed by atoms with Crippen LogP contribution in [0, 0.1) is 27.7 Å². The molecule has 6 saturated heterocycles. The maximum atomic E-state index is 15.7. The van der Waals surface area contributed by atoms with E-state index in [1.165, 1.54) is 96.6 Å². The van der Waals surface area contributed by atoms with Crippen LogP contribution >= 0.6 is 48.1 Å². The molecule has 145 heavy (non-hydrogen) atoms. The number of anilines is 5. The molecule has 804 valence electrons. The number of methoxy groups -OCH3 is 5. The number of aliphatic hydroxyl groups excluding tert-OH is 1. The number of phosphoric ester groups is 2. The number of nitrogens with two attached hydrogens (primary N) is 5. The number of fused-ring (bicyclic) bond motifs is 2. The van der Waals surface area contributed by atoms with Gasteiger partial charge in [-0.15, -0.1) is 0 Å². The van der Waals surface area contributed by atoms with Crippen LogP contribution in [0.4, 0.5) is 29.2 Å². The maximum Gasteiger partial charge on any atom is 0.472 e. The molecule has 14 heterocycles. The summed E-state index contributed by atoms with van der Waals surface area (Å²) in [4.78, 5) is 167. The van der Waals surface area contributed by atoms with Crippen molar-refractivity contribution in [3.8, 4) is 0 Å². The lowest BCUT2D eigenvalue weighted by molar-refractivity contribution is -0.0843. The second kappa shape index (κ2) is 48.7. The van der Waals surface area contributed by atoms with E-state index in [-0.39, 0.29) is 141 Å². The minimum absolute atomic E-state index is 0.0114. The monoisotopic (exact) mass is 2210 g/mol. The Morgan fingerprint density at radius 2 is 0.793 bits per heavy atom. The molecule has 61 nitrogen and oxygen atoms in total. The van der Waals surface area contributed by atoms with Gasteiger partial charge >= 0.3 is 58.6 Å². The first-order valence-electron chi connectivity index (χ1n) is 44.3. The van der Waals surface area contributed by atoms with E-state index < -0.39 is 251 Å². The number of aryl methyl sites for hydroxylation is 4. The van der Waals surface area contributed by atoms with E-state index in [1.54, 1.807) is 13.8 Å². The lowest BCUT2D eigenvalue weighted by Crippen LogP contribution is -2.41. The van der Waals surface area contributed by atoms with Crippen LogP contribution in [0.15, 0.2) is 72.5 Å². The van der Waals surface area contributed by atoms with Crippen molar-refractivity contribution in [2.45, 2.75) is 189 Å². The van der Waals surface area contributed by atoms with E-state index in [0.717, 1.165) is 30.9 Å². The number of ether oxygens (including phenoxy) is 16. The van der Waals surface area contributed by atoms with Gasteiger partial charge in [0.15, 0.2) is 53.8 Å². The zero-order chi connectivity index (χ0) is 105. The number of hydrogen-bond donors (Lipinski definition) is 13. The summed E-state index contributed by atoms with van der Waals surface area (Å²) in [6.07, 6.45) is -28.5. The van der Waals surface area contributed by atoms with Crippen molar-refractivity contribution in [2.75, 3.05) is 163 Å². The number of thiol groups is 1. The molecule has 0 bridgehead atoms. The Kier molecular flexibility index (Phi) is 38.0. The van der Waals surface area contributed by atoms with Crippen LogP contribution in [0.1, 0.15) is 79.4 Å². The summed E-state index contributed by atoms with van der Waals surface area (Å²) in [5.74, 6) is -1.01. The number of nitrogens with one attached hydrogen (secondary N) is 2. The fraction of sp³-hybridized carbons (Fsp3) is 0.658. The Labute approximate surface area is 836 Å². The molecule has 14 rings (SSSR count). The summed E-state index contributed by atoms with van der Waals surface area (Å²) < 4.78 is 210. The summed E-state index contributed by atoms with van der Waals surface area (Å²) in [6, 6.07) is 0. The van der Waals surface area contributed by atoms with Gasteiger partial charge in [-0.05, 0) is 57.7 Å². The molecular formula is C76H112N21O40P5S3. The molecule has 11 unspecified atom stereocenters. The average molecular weight is 2210 g/mol. The van der Waals surface area contributed by atoms with Crippen molar-refractivity contribution in [3.63, 3.8) is 0 Å². The summed E-state index contributed by atoms with van der Waals surface area (Å²) in [5, 5.41) is 11.8. The molecule has 0 aliphatic carbocycles. The van der Waals surface area contributed by atoms with Crippen LogP contribution in [-0.2, 0) is 158 Å². The molecule has 0 radical (unpaired) electrons. The number of hydrogen-bond acceptors (Lipinski definition) is 51. The van der Waals surface area contributed by atoms with Crippen LogP contribution in [-0.4, -0.2) is 340 Å². The van der Waals surface area contributed by atoms with Crippen LogP contribution in [0.25, 0.3) is 22.3 Å². The molecule has 8 aromatic heterocycles. The van der Waals surface area contributed by atoms with Crippen LogP contribution in [0.3, 0.4) is 0 Å². The summed E-state index contributed by atoms with van der Waals surface area (Å²) in [7, 11) is -5.05. The minimum atomic E-state index is -5.93. The highest BCUT2D eigenvalue weighted by atomic mass is 32.7. The Hall–Kier alpha value is -7.68. The zero-order valence-corrected chi connectivity index (χ0v) is 86.0. The average Bonchev–Trinajstić information content (AvgIpc) is 1.60. The van der Waals surface area contributed by atoms with Crippen LogP contribution < -0.4 is 62.5 Å². The largest absolute Gasteiger partial charge is 0.472 e. The Morgan fingerprint density at radius 3 is 1.25 bits per heavy atom. The Morgan fingerprint density at radius 1 is 0.414 bits per heavy atom. The van der Waals surface area contributed by atoms with E-state index >= 15 is 13.7 Å². The Balaban J connectivity index is 0.760. The van der Waals surface area contributed by atoms with Gasteiger partial charge in [0.05, 0.1) is 124 Å². The van der Waals surface area contributed by atoms with Crippen LogP contribution in [0.5, 0.6) is 0 Å². The van der Waals surface area contributed by atoms with Gasteiger partial charge in [-0.2, -0.15) is 19.9 Å². The molecule has 8 aromatic rings. The van der Waals surface area contributed by atoms with Crippen molar-refractivity contribution >= 4 is 123 Å². The van der Waals surface area contributed by atoms with Gasteiger partial charge in [-0.3, -0.25) is 78.6 Å². The number of nitrogens with zero attached hydrogens (tertiary/aromatic N) is 14. The standard InChI is InChI=1S/C76H112N21O40P5S3/c1-11-39-40(22-46(127-39)92-26-38(5)65(99)91-76(92)104)133-140(109,143)125-30-44-51(56(119-19-14-114-8)71(132-44)97-34-85-48-64(97)89-72(81)90-66(48)100)135-138(105,106)122-28-42-50(55(118-18-13-113-7)68(129-42)94-24-36(3)60(78)87-74(94)102)134-139(107,108)123-29-43-52(58(121-21-16-116-10)70(131-43)96-33-84-47-62(80)82-32-83-63(47)96)136-142(111,145)126-31-45-53(57(120-20-15-115-9)69(130-45)95-25-37(4)61(79)88-75(95)103)137-141(110,144)124-27-41-49(98)54(117-17-12-112-6)67(128-41)93-23-35(2)59(77)86-73(93)101/h23-26,32-34,39-46,49-58,67-71,98H,11-22,27-31H2,1-10H3,(H,105,106)(H,107,108)(H,109,143)(H,110,144)(H,111,145)(H2,77,86,101)(H2,78,87,102)(H2,79,88,103)(H2,80,82,83)(H,91,99,104)(H3,81,89,90,100)/t39-,40?,41-,42-,43-,44-,45-,46-,49?,50?,51?,52?,53?,54+,55+,56+,57+,58+,67-,68-,69-,70-,71-,140?,141?,142?/m1/s1. The number of aromatic amines is 2. The molecule has 28 atom stereocenters. The van der Waals surface area contributed by atoms with Crippen molar-refractivity contribution in [1.29, 1.82) is 0 Å². The van der Waals surface area contributed by atoms with Gasteiger partial charge in [0, 0.05) is 89.0 Å². The summed E-state index contributed by atoms with van der Waals surface area (Å²) >= 11 is 15.7. The molecule has 69 heteroatoms. The van der Waals surface area contributed by atoms with Gasteiger partial charge in [0.25, 0.3) is 11.1 Å². The van der Waals surface area contributed by atoms with E-state index in [0.29, 0.717) is 5.56 Å². The van der Waals surface area contributed by atoms with Crippen molar-refractivity contribution in [1.82, 2.24) is 77.2 Å². The SMILES string of the molecule is CC[C@H]1O[C@@H](n2cc(C)c(=O)[nH]c2=O)CC1OP(O)(=S)OC[C@H]1O[C@@H](n2cnc3c(=O)[nH]c(N)nc32)[C@@H](OCCOC)C1OP(=O)(O)OC[C@H]1O[C@@H](n2cc(C)c(N)nc2=O)[C@@H](OCCOC)C1OP(=O)(O)OC[C@H]1O[C@@H](n2cnc3c(N)ncnc32)[C@@H](OCCOC)C1OP(=O)(S)OC[C@H]1O[C@@H](n2cc(C)c(N)nc2=O)[C@@H](OCCOC)C1OP(O)(=S)OC[C@H]1O[C@@H](n2cc(C)c(N)nc2=O)[C@@H](OCCOC)C1O. The molecule has 17 N–H and O–H groups in total. The number of aliphatic hydroxyl groups is 1. The highest BCUT2D eigenvalue weighted by molar-refractivity contribution is 8.44. The fourth-order valence-electron chi connectivity index (χ4n) is 16.5. The number of H-pyrrole nitrogens is 2. The van der Waals surface area contributed by atoms with Gasteiger partial charge in [0.1, 0.15) is 127 Å². The van der Waals surface area contributed by atoms with E-state index in [2.05, 4.69) is 62.1 Å². The molecule has 6 aliphatic rings. The first kappa shape index (κ1) is 113. The van der Waals surface area contributed by atoms with Crippen molar-refractivity contribution in [2.24, 2.45) is 0 Å². The quantitative estimate of drug-likeness (QED) is 0.0121. The maximum absolute atomic E-state index is 15.7. The number of aromatic nitrogens is 16. The number of nitrogen functional groups attached to an aromatic ring is 5. The predicted molar refractivity (Wildman–Crippen MR) is 507 cm³/mol. The minimum Gasteiger partial charge on any atom is -0.387 e. The van der Waals surface area contributed by atoms with Gasteiger partial charge in [-0.25, -0.2) is 52.8 Å². The van der Waals surface area contributed by atoms with Gasteiger partial charge < -0.3 is 143 Å². The molecule has 6 fully saturated rings. The number of imidazole rings is 2. The lowest BCUT2D eigenvalue weighted by Gasteiger charge is -2.30. The fourth-order valence-corrected chi connectivity index (χ4v) is 22.8. The highest BCUT2D eigenvalue weighted by Gasteiger charge is 2.59. The van der Waals surface area contributed by atoms with Crippen LogP contribution in [0.2, 0.25) is 0 Å². The van der Waals surface area contributed by atoms with E-state index in [9.17, 15) is 53.4 Å². The molecule has 0 amide bonds. The third-order valence-electron chi connectivity index (χ3n) is 23.5. The molecule has 0 saturated carbocycles.